The number of hydrogen-bond donors (Lipinski definition) is 0. The molecule has 4 rings (SSSR count). The van der Waals surface area contributed by atoms with E-state index in [0.29, 0.717) is 17.0 Å². The van der Waals surface area contributed by atoms with Gasteiger partial charge in [-0.1, -0.05) is 12.2 Å². The standard InChI is InChI=1S/C18H17NO4/c1-9(20)10-5-6-14(23-2)13(8-10)19-17(21)15-11-3-4-12(7-11)16(15)18(19)22/h3-6,8,11-12,15-16H,7H2,1-2H3/t11-,12-,15+,16+/m1/s1. The normalized spacial score (nSPS) is 31.0. The Morgan fingerprint density at radius 3 is 2.26 bits per heavy atom. The number of fused-ring (bicyclic) bond motifs is 5. The molecule has 1 aromatic carbocycles. The summed E-state index contributed by atoms with van der Waals surface area (Å²) in [5.41, 5.74) is 0.837. The Balaban J connectivity index is 1.80. The van der Waals surface area contributed by atoms with Crippen LogP contribution in [0.2, 0.25) is 0 Å². The summed E-state index contributed by atoms with van der Waals surface area (Å²) >= 11 is 0. The monoisotopic (exact) mass is 311 g/mol. The smallest absolute Gasteiger partial charge is 0.238 e. The second kappa shape index (κ2) is 4.78. The van der Waals surface area contributed by atoms with Gasteiger partial charge < -0.3 is 4.74 Å². The number of anilines is 1. The molecule has 5 nitrogen and oxygen atoms in total. The lowest BCUT2D eigenvalue weighted by atomic mass is 9.85. The quantitative estimate of drug-likeness (QED) is 0.488. The lowest BCUT2D eigenvalue weighted by molar-refractivity contribution is -0.123. The third-order valence-electron chi connectivity index (χ3n) is 5.30. The van der Waals surface area contributed by atoms with Gasteiger partial charge in [-0.05, 0) is 43.4 Å². The van der Waals surface area contributed by atoms with E-state index >= 15 is 0 Å². The molecule has 2 bridgehead atoms. The van der Waals surface area contributed by atoms with Crippen molar-refractivity contribution in [2.75, 3.05) is 12.0 Å². The van der Waals surface area contributed by atoms with Gasteiger partial charge in [0, 0.05) is 5.56 Å². The van der Waals surface area contributed by atoms with Gasteiger partial charge in [-0.15, -0.1) is 0 Å². The fourth-order valence-electron chi connectivity index (χ4n) is 4.22. The fraction of sp³-hybridized carbons (Fsp3) is 0.389. The maximum atomic E-state index is 12.9. The molecule has 1 saturated heterocycles. The largest absolute Gasteiger partial charge is 0.495 e. The Kier molecular flexibility index (Phi) is 2.95. The van der Waals surface area contributed by atoms with Crippen LogP contribution in [0, 0.1) is 23.7 Å². The highest BCUT2D eigenvalue weighted by Crippen LogP contribution is 2.53. The first-order chi connectivity index (χ1) is 11.0. The van der Waals surface area contributed by atoms with Crippen molar-refractivity contribution in [3.8, 4) is 5.75 Å². The summed E-state index contributed by atoms with van der Waals surface area (Å²) in [6.07, 6.45) is 5.01. The summed E-state index contributed by atoms with van der Waals surface area (Å²) < 4.78 is 5.31. The third kappa shape index (κ3) is 1.82. The molecule has 5 heteroatoms. The van der Waals surface area contributed by atoms with Gasteiger partial charge in [-0.2, -0.15) is 0 Å². The minimum Gasteiger partial charge on any atom is -0.495 e. The van der Waals surface area contributed by atoms with Crippen molar-refractivity contribution in [2.24, 2.45) is 23.7 Å². The van der Waals surface area contributed by atoms with Gasteiger partial charge in [-0.3, -0.25) is 14.4 Å². The molecule has 0 unspecified atom stereocenters. The minimum absolute atomic E-state index is 0.116. The highest BCUT2D eigenvalue weighted by molar-refractivity contribution is 6.23. The maximum Gasteiger partial charge on any atom is 0.238 e. The molecule has 0 N–H and O–H groups in total. The van der Waals surface area contributed by atoms with Crippen LogP contribution in [0.1, 0.15) is 23.7 Å². The Labute approximate surface area is 133 Å². The van der Waals surface area contributed by atoms with Gasteiger partial charge in [-0.25, -0.2) is 4.90 Å². The molecule has 0 spiro atoms. The molecular weight excluding hydrogens is 294 g/mol. The van der Waals surface area contributed by atoms with Crippen molar-refractivity contribution >= 4 is 23.3 Å². The van der Waals surface area contributed by atoms with Crippen LogP contribution in [0.4, 0.5) is 5.69 Å². The molecule has 2 amide bonds. The zero-order chi connectivity index (χ0) is 16.3. The number of ketones is 1. The van der Waals surface area contributed by atoms with Gasteiger partial charge >= 0.3 is 0 Å². The van der Waals surface area contributed by atoms with Crippen LogP contribution in [-0.2, 0) is 9.59 Å². The Morgan fingerprint density at radius 2 is 1.74 bits per heavy atom. The van der Waals surface area contributed by atoms with E-state index in [-0.39, 0.29) is 41.3 Å². The number of benzene rings is 1. The van der Waals surface area contributed by atoms with E-state index in [9.17, 15) is 14.4 Å². The third-order valence-corrected chi connectivity index (χ3v) is 5.30. The predicted octanol–water partition coefficient (Wildman–Crippen LogP) is 2.21. The fourth-order valence-corrected chi connectivity index (χ4v) is 4.22. The van der Waals surface area contributed by atoms with Crippen LogP contribution < -0.4 is 9.64 Å². The molecule has 118 valence electrons. The number of carbonyl (C=O) groups excluding carboxylic acids is 3. The van der Waals surface area contributed by atoms with E-state index in [2.05, 4.69) is 12.2 Å². The highest BCUT2D eigenvalue weighted by Gasteiger charge is 2.59. The summed E-state index contributed by atoms with van der Waals surface area (Å²) in [5.74, 6) is -0.230. The molecule has 2 aliphatic carbocycles. The summed E-state index contributed by atoms with van der Waals surface area (Å²) in [6, 6.07) is 4.85. The molecule has 0 aromatic heterocycles. The summed E-state index contributed by atoms with van der Waals surface area (Å²) in [4.78, 5) is 38.6. The minimum atomic E-state index is -0.261. The number of allylic oxidation sites excluding steroid dienone is 2. The number of amides is 2. The number of ether oxygens (including phenoxy) is 1. The van der Waals surface area contributed by atoms with Crippen LogP contribution >= 0.6 is 0 Å². The Hall–Kier alpha value is -2.43. The number of Topliss-reactive ketones (excluding diaryl/α,β-unsaturated/α-hetero) is 1. The van der Waals surface area contributed by atoms with Gasteiger partial charge in [0.1, 0.15) is 5.75 Å². The van der Waals surface area contributed by atoms with E-state index in [0.717, 1.165) is 6.42 Å². The van der Waals surface area contributed by atoms with E-state index < -0.39 is 0 Å². The molecule has 0 radical (unpaired) electrons. The topological polar surface area (TPSA) is 63.7 Å². The number of imide groups is 1. The molecule has 1 saturated carbocycles. The van der Waals surface area contributed by atoms with Crippen molar-refractivity contribution in [1.82, 2.24) is 0 Å². The summed E-state index contributed by atoms with van der Waals surface area (Å²) in [5, 5.41) is 0. The Morgan fingerprint density at radius 1 is 1.13 bits per heavy atom. The Bertz CT molecular complexity index is 736. The van der Waals surface area contributed by atoms with Crippen LogP contribution in [0.25, 0.3) is 0 Å². The molecule has 1 aromatic rings. The molecule has 23 heavy (non-hydrogen) atoms. The second-order valence-corrected chi connectivity index (χ2v) is 6.45. The molecule has 1 heterocycles. The number of nitrogens with zero attached hydrogens (tertiary/aromatic N) is 1. The summed E-state index contributed by atoms with van der Waals surface area (Å²) in [6.45, 7) is 1.46. The van der Waals surface area contributed by atoms with E-state index in [4.69, 9.17) is 4.74 Å². The molecule has 2 fully saturated rings. The van der Waals surface area contributed by atoms with Crippen LogP contribution in [0.15, 0.2) is 30.4 Å². The zero-order valence-corrected chi connectivity index (χ0v) is 13.0. The maximum absolute atomic E-state index is 12.9. The first kappa shape index (κ1) is 14.2. The lowest BCUT2D eigenvalue weighted by Crippen LogP contribution is -2.33. The van der Waals surface area contributed by atoms with Crippen molar-refractivity contribution < 1.29 is 19.1 Å². The highest BCUT2D eigenvalue weighted by atomic mass is 16.5. The van der Waals surface area contributed by atoms with Gasteiger partial charge in [0.25, 0.3) is 0 Å². The van der Waals surface area contributed by atoms with Gasteiger partial charge in [0.15, 0.2) is 5.78 Å². The average molecular weight is 311 g/mol. The summed E-state index contributed by atoms with van der Waals surface area (Å²) in [7, 11) is 1.49. The van der Waals surface area contributed by atoms with Gasteiger partial charge in [0.05, 0.1) is 24.6 Å². The molecule has 1 aliphatic heterocycles. The first-order valence-corrected chi connectivity index (χ1v) is 7.78. The van der Waals surface area contributed by atoms with E-state index in [1.54, 1.807) is 18.2 Å². The van der Waals surface area contributed by atoms with Crippen LogP contribution in [0.5, 0.6) is 5.75 Å². The number of rotatable bonds is 3. The number of methoxy groups -OCH3 is 1. The van der Waals surface area contributed by atoms with Gasteiger partial charge in [0.2, 0.25) is 11.8 Å². The molecular formula is C18H17NO4. The van der Waals surface area contributed by atoms with E-state index in [1.807, 2.05) is 0 Å². The lowest BCUT2D eigenvalue weighted by Gasteiger charge is -2.20. The SMILES string of the molecule is COc1ccc(C(C)=O)cc1N1C(=O)[C@@H]2[C@@H](C1=O)[C@@H]1C=C[C@@H]2C1. The van der Waals surface area contributed by atoms with Crippen molar-refractivity contribution in [3.63, 3.8) is 0 Å². The molecule has 4 atom stereocenters. The molecule has 3 aliphatic rings. The van der Waals surface area contributed by atoms with Crippen LogP contribution in [-0.4, -0.2) is 24.7 Å². The predicted molar refractivity (Wildman–Crippen MR) is 83.2 cm³/mol. The van der Waals surface area contributed by atoms with Crippen molar-refractivity contribution in [3.05, 3.63) is 35.9 Å². The number of carbonyl (C=O) groups is 3. The first-order valence-electron chi connectivity index (χ1n) is 7.78. The van der Waals surface area contributed by atoms with Crippen molar-refractivity contribution in [2.45, 2.75) is 13.3 Å². The second-order valence-electron chi connectivity index (χ2n) is 6.45. The zero-order valence-electron chi connectivity index (χ0n) is 13.0. The average Bonchev–Trinajstić information content (AvgIpc) is 3.21. The number of hydrogen-bond acceptors (Lipinski definition) is 4. The van der Waals surface area contributed by atoms with Crippen molar-refractivity contribution in [1.29, 1.82) is 0 Å². The van der Waals surface area contributed by atoms with Crippen LogP contribution in [0.3, 0.4) is 0 Å². The van der Waals surface area contributed by atoms with E-state index in [1.165, 1.54) is 18.9 Å².